The molecular weight excluding hydrogens is 390 g/mol. The SMILES string of the molecule is O=C(NCCc1ccc(-n2cccn2)cc1)C1CC1c1cccc(Br)c1. The Morgan fingerprint density at radius 2 is 2.04 bits per heavy atom. The first-order chi connectivity index (χ1) is 12.7. The molecule has 3 aromatic rings. The highest BCUT2D eigenvalue weighted by atomic mass is 79.9. The van der Waals surface area contributed by atoms with Crippen molar-refractivity contribution in [3.63, 3.8) is 0 Å². The zero-order valence-electron chi connectivity index (χ0n) is 14.3. The van der Waals surface area contributed by atoms with Gasteiger partial charge in [0, 0.05) is 29.3 Å². The van der Waals surface area contributed by atoms with E-state index in [1.54, 1.807) is 6.20 Å². The van der Waals surface area contributed by atoms with Crippen LogP contribution in [-0.2, 0) is 11.2 Å². The standard InChI is InChI=1S/C21H20BrN3O/c22-17-4-1-3-16(13-17)19-14-20(19)21(26)23-11-9-15-5-7-18(8-6-15)25-12-2-10-24-25/h1-8,10,12-13,19-20H,9,11,14H2,(H,23,26). The molecule has 1 aromatic heterocycles. The van der Waals surface area contributed by atoms with Crippen LogP contribution in [-0.4, -0.2) is 22.2 Å². The van der Waals surface area contributed by atoms with Gasteiger partial charge >= 0.3 is 0 Å². The molecule has 0 spiro atoms. The van der Waals surface area contributed by atoms with Crippen LogP contribution in [0.1, 0.15) is 23.5 Å². The van der Waals surface area contributed by atoms with Crippen LogP contribution < -0.4 is 5.32 Å². The second-order valence-electron chi connectivity index (χ2n) is 6.66. The normalized spacial score (nSPS) is 18.5. The molecule has 1 amide bonds. The van der Waals surface area contributed by atoms with E-state index in [1.165, 1.54) is 11.1 Å². The molecule has 0 bridgehead atoms. The highest BCUT2D eigenvalue weighted by molar-refractivity contribution is 9.10. The van der Waals surface area contributed by atoms with Crippen molar-refractivity contribution in [1.29, 1.82) is 0 Å². The van der Waals surface area contributed by atoms with Crippen molar-refractivity contribution in [1.82, 2.24) is 15.1 Å². The summed E-state index contributed by atoms with van der Waals surface area (Å²) in [5.74, 6) is 0.649. The molecule has 1 heterocycles. The Morgan fingerprint density at radius 3 is 2.77 bits per heavy atom. The molecule has 4 rings (SSSR count). The quantitative estimate of drug-likeness (QED) is 0.665. The van der Waals surface area contributed by atoms with Crippen molar-refractivity contribution in [2.45, 2.75) is 18.8 Å². The molecule has 0 aliphatic heterocycles. The predicted molar refractivity (Wildman–Crippen MR) is 105 cm³/mol. The monoisotopic (exact) mass is 409 g/mol. The number of benzene rings is 2. The van der Waals surface area contributed by atoms with Crippen LogP contribution in [0.4, 0.5) is 0 Å². The van der Waals surface area contributed by atoms with Crippen molar-refractivity contribution < 1.29 is 4.79 Å². The lowest BCUT2D eigenvalue weighted by Crippen LogP contribution is -2.27. The van der Waals surface area contributed by atoms with E-state index in [-0.39, 0.29) is 11.8 Å². The Morgan fingerprint density at radius 1 is 1.19 bits per heavy atom. The number of rotatable bonds is 6. The lowest BCUT2D eigenvalue weighted by Gasteiger charge is -2.07. The number of hydrogen-bond acceptors (Lipinski definition) is 2. The maximum atomic E-state index is 12.3. The molecule has 0 radical (unpaired) electrons. The van der Waals surface area contributed by atoms with Gasteiger partial charge in [-0.2, -0.15) is 5.10 Å². The topological polar surface area (TPSA) is 46.9 Å². The lowest BCUT2D eigenvalue weighted by molar-refractivity contribution is -0.122. The van der Waals surface area contributed by atoms with E-state index >= 15 is 0 Å². The average Bonchev–Trinajstić information content (AvgIpc) is 3.28. The largest absolute Gasteiger partial charge is 0.356 e. The highest BCUT2D eigenvalue weighted by Gasteiger charge is 2.43. The molecule has 5 heteroatoms. The molecule has 1 N–H and O–H groups in total. The molecule has 132 valence electrons. The summed E-state index contributed by atoms with van der Waals surface area (Å²) in [7, 11) is 0. The third-order valence-electron chi connectivity index (χ3n) is 4.82. The maximum Gasteiger partial charge on any atom is 0.223 e. The summed E-state index contributed by atoms with van der Waals surface area (Å²) in [6.07, 6.45) is 5.47. The van der Waals surface area contributed by atoms with Crippen LogP contribution >= 0.6 is 15.9 Å². The van der Waals surface area contributed by atoms with Crippen LogP contribution in [0.3, 0.4) is 0 Å². The summed E-state index contributed by atoms with van der Waals surface area (Å²) in [4.78, 5) is 12.3. The predicted octanol–water partition coefficient (Wildman–Crippen LogP) is 4.10. The molecule has 1 fully saturated rings. The Kier molecular flexibility index (Phi) is 4.89. The summed E-state index contributed by atoms with van der Waals surface area (Å²) >= 11 is 3.49. The zero-order valence-corrected chi connectivity index (χ0v) is 15.9. The van der Waals surface area contributed by atoms with Crippen molar-refractivity contribution in [2.75, 3.05) is 6.54 Å². The van der Waals surface area contributed by atoms with Crippen molar-refractivity contribution in [2.24, 2.45) is 5.92 Å². The van der Waals surface area contributed by atoms with Crippen LogP contribution in [0.2, 0.25) is 0 Å². The number of carbonyl (C=O) groups excluding carboxylic acids is 1. The first kappa shape index (κ1) is 17.0. The molecule has 1 saturated carbocycles. The van der Waals surface area contributed by atoms with E-state index in [1.807, 2.05) is 41.2 Å². The minimum Gasteiger partial charge on any atom is -0.356 e. The molecule has 4 nitrogen and oxygen atoms in total. The summed E-state index contributed by atoms with van der Waals surface area (Å²) in [6.45, 7) is 0.668. The first-order valence-electron chi connectivity index (χ1n) is 8.83. The number of amides is 1. The second-order valence-corrected chi connectivity index (χ2v) is 7.58. The van der Waals surface area contributed by atoms with Crippen LogP contribution in [0.25, 0.3) is 5.69 Å². The Balaban J connectivity index is 1.25. The molecule has 1 aliphatic carbocycles. The number of aromatic nitrogens is 2. The molecule has 0 saturated heterocycles. The van der Waals surface area contributed by atoms with Crippen LogP contribution in [0, 0.1) is 5.92 Å². The number of nitrogens with one attached hydrogen (secondary N) is 1. The fourth-order valence-corrected chi connectivity index (χ4v) is 3.71. The number of halogens is 1. The van der Waals surface area contributed by atoms with Gasteiger partial charge in [-0.15, -0.1) is 0 Å². The molecule has 2 aromatic carbocycles. The van der Waals surface area contributed by atoms with Crippen molar-refractivity contribution in [3.8, 4) is 5.69 Å². The minimum atomic E-state index is 0.117. The summed E-state index contributed by atoms with van der Waals surface area (Å²) in [6, 6.07) is 18.4. The van der Waals surface area contributed by atoms with Crippen molar-refractivity contribution >= 4 is 21.8 Å². The van der Waals surface area contributed by atoms with Gasteiger partial charge in [0.05, 0.1) is 5.69 Å². The van der Waals surface area contributed by atoms with Gasteiger partial charge in [0.2, 0.25) is 5.91 Å². The van der Waals surface area contributed by atoms with Gasteiger partial charge in [-0.3, -0.25) is 4.79 Å². The summed E-state index contributed by atoms with van der Waals surface area (Å²) in [5, 5.41) is 7.30. The first-order valence-corrected chi connectivity index (χ1v) is 9.62. The maximum absolute atomic E-state index is 12.3. The van der Waals surface area contributed by atoms with Crippen molar-refractivity contribution in [3.05, 3.63) is 82.6 Å². The lowest BCUT2D eigenvalue weighted by atomic mass is 10.1. The van der Waals surface area contributed by atoms with E-state index in [2.05, 4.69) is 50.6 Å². The molecular formula is C21H20BrN3O. The fraction of sp³-hybridized carbons (Fsp3) is 0.238. The Hall–Kier alpha value is -2.40. The van der Waals surface area contributed by atoms with Crippen LogP contribution in [0.15, 0.2) is 71.5 Å². The third kappa shape index (κ3) is 3.88. The molecule has 2 unspecified atom stereocenters. The highest BCUT2D eigenvalue weighted by Crippen LogP contribution is 2.47. The van der Waals surface area contributed by atoms with Gasteiger partial charge in [-0.25, -0.2) is 4.68 Å². The molecule has 2 atom stereocenters. The number of nitrogens with zero attached hydrogens (tertiary/aromatic N) is 2. The Labute approximate surface area is 161 Å². The molecule has 1 aliphatic rings. The second kappa shape index (κ2) is 7.46. The van der Waals surface area contributed by atoms with Gasteiger partial charge in [-0.05, 0) is 60.2 Å². The van der Waals surface area contributed by atoms with E-state index in [4.69, 9.17) is 0 Å². The van der Waals surface area contributed by atoms with E-state index in [0.717, 1.165) is 23.0 Å². The van der Waals surface area contributed by atoms with Crippen LogP contribution in [0.5, 0.6) is 0 Å². The van der Waals surface area contributed by atoms with Gasteiger partial charge < -0.3 is 5.32 Å². The smallest absolute Gasteiger partial charge is 0.223 e. The Bertz CT molecular complexity index is 890. The van der Waals surface area contributed by atoms with Gasteiger partial charge in [0.15, 0.2) is 0 Å². The van der Waals surface area contributed by atoms with E-state index in [0.29, 0.717) is 12.5 Å². The van der Waals surface area contributed by atoms with Gasteiger partial charge in [0.1, 0.15) is 0 Å². The average molecular weight is 410 g/mol. The fourth-order valence-electron chi connectivity index (χ4n) is 3.29. The summed E-state index contributed by atoms with van der Waals surface area (Å²) in [5.41, 5.74) is 3.49. The zero-order chi connectivity index (χ0) is 17.9. The third-order valence-corrected chi connectivity index (χ3v) is 5.32. The van der Waals surface area contributed by atoms with E-state index < -0.39 is 0 Å². The number of carbonyl (C=O) groups is 1. The van der Waals surface area contributed by atoms with Gasteiger partial charge in [0.25, 0.3) is 0 Å². The number of hydrogen-bond donors (Lipinski definition) is 1. The van der Waals surface area contributed by atoms with Gasteiger partial charge in [-0.1, -0.05) is 40.2 Å². The molecule has 26 heavy (non-hydrogen) atoms. The minimum absolute atomic E-state index is 0.117. The van der Waals surface area contributed by atoms with E-state index in [9.17, 15) is 4.79 Å². The summed E-state index contributed by atoms with van der Waals surface area (Å²) < 4.78 is 2.90.